The lowest BCUT2D eigenvalue weighted by atomic mass is 9.85. The van der Waals surface area contributed by atoms with Gasteiger partial charge in [-0.15, -0.1) is 0 Å². The molecule has 76 valence electrons. The van der Waals surface area contributed by atoms with E-state index >= 15 is 0 Å². The molecule has 2 atom stereocenters. The minimum atomic E-state index is -0.259. The topological polar surface area (TPSA) is 50.7 Å². The Labute approximate surface area is 83.0 Å². The van der Waals surface area contributed by atoms with Crippen molar-refractivity contribution in [2.75, 3.05) is 20.2 Å². The molecule has 2 heterocycles. The van der Waals surface area contributed by atoms with E-state index < -0.39 is 0 Å². The summed E-state index contributed by atoms with van der Waals surface area (Å²) in [5.41, 5.74) is 1.12. The summed E-state index contributed by atoms with van der Waals surface area (Å²) in [6.07, 6.45) is 4.76. The van der Waals surface area contributed by atoms with Crippen molar-refractivity contribution in [1.29, 1.82) is 0 Å². The van der Waals surface area contributed by atoms with Crippen molar-refractivity contribution >= 4 is 12.2 Å². The Morgan fingerprint density at radius 3 is 3.36 bits per heavy atom. The van der Waals surface area contributed by atoms with Crippen molar-refractivity contribution in [3.63, 3.8) is 0 Å². The second kappa shape index (κ2) is 3.92. The van der Waals surface area contributed by atoms with Crippen LogP contribution in [-0.2, 0) is 9.53 Å². The standard InChI is InChI=1S/C10H14N2O2/c1-14-10(13)9-8-3-4-11-6-7(8)2-5-12-9/h3-4,7,9,12H,2,5-6H2,1H3. The number of hydrogen-bond donors (Lipinski definition) is 1. The third kappa shape index (κ3) is 1.57. The zero-order chi connectivity index (χ0) is 9.97. The number of carbonyl (C=O) groups is 1. The molecular formula is C10H14N2O2. The number of methoxy groups -OCH3 is 1. The van der Waals surface area contributed by atoms with Crippen molar-refractivity contribution < 1.29 is 9.53 Å². The van der Waals surface area contributed by atoms with Gasteiger partial charge in [0.1, 0.15) is 6.04 Å². The number of nitrogens with one attached hydrogen (secondary N) is 1. The van der Waals surface area contributed by atoms with Crippen molar-refractivity contribution in [3.05, 3.63) is 11.6 Å². The number of nitrogens with zero attached hydrogens (tertiary/aromatic N) is 1. The van der Waals surface area contributed by atoms with Crippen LogP contribution in [0, 0.1) is 5.92 Å². The molecule has 2 unspecified atom stereocenters. The summed E-state index contributed by atoms with van der Waals surface area (Å²) in [7, 11) is 1.42. The molecule has 0 aromatic carbocycles. The van der Waals surface area contributed by atoms with Gasteiger partial charge in [0.2, 0.25) is 0 Å². The third-order valence-electron chi connectivity index (χ3n) is 2.78. The lowest BCUT2D eigenvalue weighted by Gasteiger charge is -2.32. The Bertz CT molecular complexity index is 296. The first-order chi connectivity index (χ1) is 6.83. The Morgan fingerprint density at radius 1 is 1.71 bits per heavy atom. The molecule has 0 aliphatic carbocycles. The van der Waals surface area contributed by atoms with Gasteiger partial charge in [0, 0.05) is 18.7 Å². The van der Waals surface area contributed by atoms with Gasteiger partial charge < -0.3 is 10.1 Å². The molecular weight excluding hydrogens is 180 g/mol. The number of carbonyl (C=O) groups excluding carboxylic acids is 1. The Kier molecular flexibility index (Phi) is 2.63. The van der Waals surface area contributed by atoms with Gasteiger partial charge >= 0.3 is 5.97 Å². The average Bonchev–Trinajstić information content (AvgIpc) is 2.27. The van der Waals surface area contributed by atoms with Crippen molar-refractivity contribution in [1.82, 2.24) is 5.32 Å². The molecule has 0 saturated carbocycles. The zero-order valence-electron chi connectivity index (χ0n) is 8.19. The van der Waals surface area contributed by atoms with E-state index in [2.05, 4.69) is 10.3 Å². The molecule has 0 spiro atoms. The Morgan fingerprint density at radius 2 is 2.57 bits per heavy atom. The summed E-state index contributed by atoms with van der Waals surface area (Å²) in [5.74, 6) is 0.224. The lowest BCUT2D eigenvalue weighted by Crippen LogP contribution is -2.47. The van der Waals surface area contributed by atoms with Crippen LogP contribution in [0.1, 0.15) is 6.42 Å². The van der Waals surface area contributed by atoms with E-state index in [1.165, 1.54) is 7.11 Å². The SMILES string of the molecule is COC(=O)C1NCCC2CN=CC=C21. The van der Waals surface area contributed by atoms with E-state index in [0.717, 1.165) is 25.1 Å². The quantitative estimate of drug-likeness (QED) is 0.604. The molecule has 2 rings (SSSR count). The minimum Gasteiger partial charge on any atom is -0.468 e. The maximum absolute atomic E-state index is 11.5. The highest BCUT2D eigenvalue weighted by Crippen LogP contribution is 2.25. The van der Waals surface area contributed by atoms with Crippen LogP contribution in [0.2, 0.25) is 0 Å². The second-order valence-corrected chi connectivity index (χ2v) is 3.58. The summed E-state index contributed by atoms with van der Waals surface area (Å²) < 4.78 is 4.75. The van der Waals surface area contributed by atoms with Gasteiger partial charge in [-0.05, 0) is 24.6 Å². The van der Waals surface area contributed by atoms with E-state index in [9.17, 15) is 4.79 Å². The highest BCUT2D eigenvalue weighted by atomic mass is 16.5. The first-order valence-electron chi connectivity index (χ1n) is 4.84. The number of rotatable bonds is 1. The summed E-state index contributed by atoms with van der Waals surface area (Å²) in [5, 5.41) is 3.16. The predicted octanol–water partition coefficient (Wildman–Crippen LogP) is 0.148. The van der Waals surface area contributed by atoms with Gasteiger partial charge in [-0.3, -0.25) is 9.79 Å². The lowest BCUT2D eigenvalue weighted by molar-refractivity contribution is -0.142. The van der Waals surface area contributed by atoms with Gasteiger partial charge in [-0.2, -0.15) is 0 Å². The van der Waals surface area contributed by atoms with Gasteiger partial charge in [-0.1, -0.05) is 0 Å². The monoisotopic (exact) mass is 194 g/mol. The van der Waals surface area contributed by atoms with Crippen LogP contribution in [-0.4, -0.2) is 38.4 Å². The number of allylic oxidation sites excluding steroid dienone is 1. The van der Waals surface area contributed by atoms with E-state index in [4.69, 9.17) is 4.74 Å². The number of aliphatic imine (C=N–C) groups is 1. The van der Waals surface area contributed by atoms with Crippen LogP contribution in [0.15, 0.2) is 16.6 Å². The average molecular weight is 194 g/mol. The summed E-state index contributed by atoms with van der Waals surface area (Å²) in [6, 6.07) is -0.259. The molecule has 4 heteroatoms. The van der Waals surface area contributed by atoms with Gasteiger partial charge in [0.25, 0.3) is 0 Å². The fourth-order valence-electron chi connectivity index (χ4n) is 2.02. The van der Waals surface area contributed by atoms with Crippen molar-refractivity contribution in [3.8, 4) is 0 Å². The normalized spacial score (nSPS) is 30.5. The molecule has 1 N–H and O–H groups in total. The van der Waals surface area contributed by atoms with Crippen molar-refractivity contribution in [2.24, 2.45) is 10.9 Å². The second-order valence-electron chi connectivity index (χ2n) is 3.58. The van der Waals surface area contributed by atoms with E-state index in [0.29, 0.717) is 5.92 Å². The van der Waals surface area contributed by atoms with Crippen LogP contribution in [0.3, 0.4) is 0 Å². The van der Waals surface area contributed by atoms with Gasteiger partial charge in [0.15, 0.2) is 0 Å². The molecule has 0 aromatic rings. The number of fused-ring (bicyclic) bond motifs is 1. The molecule has 1 saturated heterocycles. The van der Waals surface area contributed by atoms with Gasteiger partial charge in [0.05, 0.1) is 7.11 Å². The molecule has 1 fully saturated rings. The molecule has 2 aliphatic rings. The summed E-state index contributed by atoms with van der Waals surface area (Å²) in [6.45, 7) is 1.66. The smallest absolute Gasteiger partial charge is 0.327 e. The van der Waals surface area contributed by atoms with Crippen molar-refractivity contribution in [2.45, 2.75) is 12.5 Å². The molecule has 4 nitrogen and oxygen atoms in total. The van der Waals surface area contributed by atoms with E-state index in [1.807, 2.05) is 6.08 Å². The number of piperidine rings is 1. The number of ether oxygens (including phenoxy) is 1. The number of esters is 1. The molecule has 0 amide bonds. The zero-order valence-corrected chi connectivity index (χ0v) is 8.19. The molecule has 0 bridgehead atoms. The van der Waals surface area contributed by atoms with Crippen LogP contribution < -0.4 is 5.32 Å². The first-order valence-corrected chi connectivity index (χ1v) is 4.84. The molecule has 0 radical (unpaired) electrons. The van der Waals surface area contributed by atoms with Gasteiger partial charge in [-0.25, -0.2) is 0 Å². The summed E-state index contributed by atoms with van der Waals surface area (Å²) >= 11 is 0. The Balaban J connectivity index is 2.20. The molecule has 0 aromatic heterocycles. The van der Waals surface area contributed by atoms with Crippen LogP contribution in [0.5, 0.6) is 0 Å². The predicted molar refractivity (Wildman–Crippen MR) is 53.4 cm³/mol. The fraction of sp³-hybridized carbons (Fsp3) is 0.600. The van der Waals surface area contributed by atoms with Crippen LogP contribution >= 0.6 is 0 Å². The van der Waals surface area contributed by atoms with Crippen LogP contribution in [0.4, 0.5) is 0 Å². The number of dihydropyridines is 1. The minimum absolute atomic E-state index is 0.198. The van der Waals surface area contributed by atoms with E-state index in [-0.39, 0.29) is 12.0 Å². The summed E-state index contributed by atoms with van der Waals surface area (Å²) in [4.78, 5) is 15.7. The van der Waals surface area contributed by atoms with E-state index in [1.54, 1.807) is 6.21 Å². The fourth-order valence-corrected chi connectivity index (χ4v) is 2.02. The highest BCUT2D eigenvalue weighted by Gasteiger charge is 2.32. The molecule has 2 aliphatic heterocycles. The number of hydrogen-bond acceptors (Lipinski definition) is 4. The maximum atomic E-state index is 11.5. The highest BCUT2D eigenvalue weighted by molar-refractivity contribution is 5.83. The maximum Gasteiger partial charge on any atom is 0.327 e. The third-order valence-corrected chi connectivity index (χ3v) is 2.78. The molecule has 14 heavy (non-hydrogen) atoms. The van der Waals surface area contributed by atoms with Crippen LogP contribution in [0.25, 0.3) is 0 Å². The Hall–Kier alpha value is -1.16. The first kappa shape index (κ1) is 9.40. The largest absolute Gasteiger partial charge is 0.468 e.